The van der Waals surface area contributed by atoms with Crippen LogP contribution in [0.4, 0.5) is 4.39 Å². The Morgan fingerprint density at radius 1 is 1.26 bits per heavy atom. The molecular weight excluding hydrogens is 321 g/mol. The lowest BCUT2D eigenvalue weighted by atomic mass is 9.98. The van der Waals surface area contributed by atoms with Crippen LogP contribution in [0.25, 0.3) is 0 Å². The maximum absolute atomic E-state index is 13.5. The zero-order chi connectivity index (χ0) is 16.7. The summed E-state index contributed by atoms with van der Waals surface area (Å²) in [4.78, 5) is 4.14. The summed E-state index contributed by atoms with van der Waals surface area (Å²) in [5.74, 6) is 0.129. The van der Waals surface area contributed by atoms with Gasteiger partial charge in [-0.1, -0.05) is 24.1 Å². The fourth-order valence-electron chi connectivity index (χ4n) is 3.02. The van der Waals surface area contributed by atoms with Crippen LogP contribution in [0, 0.1) is 19.7 Å². The number of aryl methyl sites for hydroxylation is 2. The molecule has 1 N–H and O–H groups in total. The first-order chi connectivity index (χ1) is 10.8. The van der Waals surface area contributed by atoms with Crippen LogP contribution in [0.5, 0.6) is 0 Å². The molecule has 0 amide bonds. The van der Waals surface area contributed by atoms with Gasteiger partial charge in [0.15, 0.2) is 5.82 Å². The number of halogens is 1. The first-order valence-corrected chi connectivity index (χ1v) is 8.92. The van der Waals surface area contributed by atoms with Gasteiger partial charge in [-0.25, -0.2) is 12.8 Å². The Labute approximate surface area is 134 Å². The van der Waals surface area contributed by atoms with Crippen molar-refractivity contribution >= 4 is 10.0 Å². The largest absolute Gasteiger partial charge is 0.340 e. The average Bonchev–Trinajstić information content (AvgIpc) is 3.11. The number of hydrogen-bond acceptors (Lipinski definition) is 5. The van der Waals surface area contributed by atoms with Gasteiger partial charge in [-0.3, -0.25) is 0 Å². The molecule has 0 spiro atoms. The molecule has 0 saturated heterocycles. The molecule has 1 aliphatic rings. The van der Waals surface area contributed by atoms with Crippen molar-refractivity contribution in [2.75, 3.05) is 0 Å². The summed E-state index contributed by atoms with van der Waals surface area (Å²) in [5, 5.41) is 3.90. The number of rotatable bonds is 4. The predicted molar refractivity (Wildman–Crippen MR) is 80.6 cm³/mol. The number of aromatic nitrogens is 2. The molecule has 1 aromatic carbocycles. The normalized spacial score (nSPS) is 17.5. The summed E-state index contributed by atoms with van der Waals surface area (Å²) < 4.78 is 46.8. The smallest absolute Gasteiger partial charge is 0.241 e. The first-order valence-electron chi connectivity index (χ1n) is 7.43. The second-order valence-electron chi connectivity index (χ2n) is 5.94. The third kappa shape index (κ3) is 3.00. The maximum Gasteiger partial charge on any atom is 0.241 e. The molecule has 1 aromatic heterocycles. The van der Waals surface area contributed by atoms with Crippen molar-refractivity contribution in [1.29, 1.82) is 0 Å². The zero-order valence-corrected chi connectivity index (χ0v) is 13.8. The molecule has 0 aliphatic heterocycles. The minimum Gasteiger partial charge on any atom is -0.340 e. The zero-order valence-electron chi connectivity index (χ0n) is 13.0. The number of nitrogens with zero attached hydrogens (tertiary/aromatic N) is 2. The molecule has 2 aromatic rings. The Bertz CT molecular complexity index is 826. The molecular formula is C15H18FN3O3S. The van der Waals surface area contributed by atoms with Crippen LogP contribution in [0.1, 0.15) is 43.0 Å². The second-order valence-corrected chi connectivity index (χ2v) is 7.59. The van der Waals surface area contributed by atoms with Crippen LogP contribution >= 0.6 is 0 Å². The van der Waals surface area contributed by atoms with E-state index in [1.54, 1.807) is 13.8 Å². The third-order valence-corrected chi connectivity index (χ3v) is 5.86. The quantitative estimate of drug-likeness (QED) is 0.925. The third-order valence-electron chi connectivity index (χ3n) is 4.18. The molecule has 1 aliphatic carbocycles. The van der Waals surface area contributed by atoms with E-state index in [9.17, 15) is 12.8 Å². The van der Waals surface area contributed by atoms with Crippen molar-refractivity contribution in [3.63, 3.8) is 0 Å². The highest BCUT2D eigenvalue weighted by Gasteiger charge is 2.43. The molecule has 0 unspecified atom stereocenters. The Morgan fingerprint density at radius 3 is 2.57 bits per heavy atom. The van der Waals surface area contributed by atoms with Crippen LogP contribution in [0.3, 0.4) is 0 Å². The highest BCUT2D eigenvalue weighted by Crippen LogP contribution is 2.38. The molecule has 6 nitrogen and oxygen atoms in total. The predicted octanol–water partition coefficient (Wildman–Crippen LogP) is 2.57. The average molecular weight is 339 g/mol. The second kappa shape index (κ2) is 5.68. The van der Waals surface area contributed by atoms with Gasteiger partial charge in [-0.05, 0) is 37.5 Å². The number of nitrogens with one attached hydrogen (secondary N) is 1. The molecule has 0 bridgehead atoms. The summed E-state index contributed by atoms with van der Waals surface area (Å²) in [6.45, 7) is 3.29. The van der Waals surface area contributed by atoms with Crippen molar-refractivity contribution in [1.82, 2.24) is 14.9 Å². The molecule has 3 rings (SSSR count). The molecule has 0 atom stereocenters. The van der Waals surface area contributed by atoms with Gasteiger partial charge in [0.05, 0.1) is 10.4 Å². The summed E-state index contributed by atoms with van der Waals surface area (Å²) in [6.07, 6.45) is 2.88. The fourth-order valence-corrected chi connectivity index (χ4v) is 4.70. The highest BCUT2D eigenvalue weighted by atomic mass is 32.2. The molecule has 124 valence electrons. The van der Waals surface area contributed by atoms with Gasteiger partial charge >= 0.3 is 0 Å². The SMILES string of the molecule is Cc1nc(C2(NS(=O)(=O)c3cc(F)ccc3C)CCCC2)no1. The Morgan fingerprint density at radius 2 is 1.96 bits per heavy atom. The van der Waals surface area contributed by atoms with Crippen molar-refractivity contribution in [3.05, 3.63) is 41.3 Å². The van der Waals surface area contributed by atoms with Gasteiger partial charge < -0.3 is 4.52 Å². The summed E-state index contributed by atoms with van der Waals surface area (Å²) in [7, 11) is -3.91. The molecule has 1 saturated carbocycles. The van der Waals surface area contributed by atoms with Crippen LogP contribution in [-0.4, -0.2) is 18.6 Å². The molecule has 0 radical (unpaired) electrons. The molecule has 1 fully saturated rings. The lowest BCUT2D eigenvalue weighted by Gasteiger charge is -2.26. The first kappa shape index (κ1) is 16.1. The van der Waals surface area contributed by atoms with E-state index in [1.807, 2.05) is 0 Å². The lowest BCUT2D eigenvalue weighted by molar-refractivity contribution is 0.338. The Hall–Kier alpha value is -1.80. The minimum absolute atomic E-state index is 0.0657. The van der Waals surface area contributed by atoms with E-state index in [0.717, 1.165) is 18.9 Å². The summed E-state index contributed by atoms with van der Waals surface area (Å²) in [5.41, 5.74) is -0.411. The summed E-state index contributed by atoms with van der Waals surface area (Å²) in [6, 6.07) is 3.72. The number of sulfonamides is 1. The molecule has 8 heteroatoms. The van der Waals surface area contributed by atoms with E-state index >= 15 is 0 Å². The van der Waals surface area contributed by atoms with Crippen molar-refractivity contribution in [3.8, 4) is 0 Å². The maximum atomic E-state index is 13.5. The number of benzene rings is 1. The monoisotopic (exact) mass is 339 g/mol. The number of hydrogen-bond donors (Lipinski definition) is 1. The highest BCUT2D eigenvalue weighted by molar-refractivity contribution is 7.89. The van der Waals surface area contributed by atoms with Gasteiger partial charge in [0.25, 0.3) is 0 Å². The van der Waals surface area contributed by atoms with Crippen LogP contribution in [-0.2, 0) is 15.6 Å². The topological polar surface area (TPSA) is 85.1 Å². The van der Waals surface area contributed by atoms with Gasteiger partial charge in [0.1, 0.15) is 5.82 Å². The van der Waals surface area contributed by atoms with E-state index in [0.29, 0.717) is 30.1 Å². The summed E-state index contributed by atoms with van der Waals surface area (Å²) >= 11 is 0. The van der Waals surface area contributed by atoms with Gasteiger partial charge in [-0.15, -0.1) is 0 Å². The standard InChI is InChI=1S/C15H18FN3O3S/c1-10-5-6-12(16)9-13(10)23(20,21)19-15(7-3-4-8-15)14-17-11(2)22-18-14/h5-6,9,19H,3-4,7-8H2,1-2H3. The molecule has 1 heterocycles. The van der Waals surface area contributed by atoms with Crippen LogP contribution in [0.15, 0.2) is 27.6 Å². The van der Waals surface area contributed by atoms with Crippen molar-refractivity contribution in [2.45, 2.75) is 50.0 Å². The van der Waals surface area contributed by atoms with Gasteiger partial charge in [0, 0.05) is 6.92 Å². The van der Waals surface area contributed by atoms with E-state index in [-0.39, 0.29) is 4.90 Å². The van der Waals surface area contributed by atoms with E-state index in [1.165, 1.54) is 12.1 Å². The van der Waals surface area contributed by atoms with E-state index in [4.69, 9.17) is 4.52 Å². The minimum atomic E-state index is -3.91. The van der Waals surface area contributed by atoms with E-state index in [2.05, 4.69) is 14.9 Å². The van der Waals surface area contributed by atoms with E-state index < -0.39 is 21.4 Å². The van der Waals surface area contributed by atoms with Gasteiger partial charge in [0.2, 0.25) is 15.9 Å². The fraction of sp³-hybridized carbons (Fsp3) is 0.467. The Kier molecular flexibility index (Phi) is 3.97. The molecule has 23 heavy (non-hydrogen) atoms. The van der Waals surface area contributed by atoms with Gasteiger partial charge in [-0.2, -0.15) is 9.71 Å². The Balaban J connectivity index is 2.01. The van der Waals surface area contributed by atoms with Crippen LogP contribution in [0.2, 0.25) is 0 Å². The van der Waals surface area contributed by atoms with Crippen molar-refractivity contribution < 1.29 is 17.3 Å². The van der Waals surface area contributed by atoms with Crippen molar-refractivity contribution in [2.24, 2.45) is 0 Å². The lowest BCUT2D eigenvalue weighted by Crippen LogP contribution is -2.44. The van der Waals surface area contributed by atoms with Crippen LogP contribution < -0.4 is 4.72 Å².